The van der Waals surface area contributed by atoms with E-state index in [1.54, 1.807) is 25.3 Å². The van der Waals surface area contributed by atoms with Crippen LogP contribution in [-0.2, 0) is 0 Å². The Kier molecular flexibility index (Phi) is 4.68. The molecule has 5 heteroatoms. The number of benzene rings is 1. The molecule has 0 amide bonds. The van der Waals surface area contributed by atoms with Crippen molar-refractivity contribution in [2.75, 3.05) is 20.3 Å². The lowest BCUT2D eigenvalue weighted by atomic mass is 10.3. The molecule has 0 aromatic heterocycles. The Morgan fingerprint density at radius 1 is 1.53 bits per heavy atom. The molecule has 84 valence electrons. The highest BCUT2D eigenvalue weighted by atomic mass is 35.5. The summed E-state index contributed by atoms with van der Waals surface area (Å²) in [7, 11) is 1.54. The number of hydrogen-bond acceptors (Lipinski definition) is 4. The van der Waals surface area contributed by atoms with Crippen LogP contribution in [0.4, 0.5) is 0 Å². The van der Waals surface area contributed by atoms with Crippen molar-refractivity contribution < 1.29 is 14.6 Å². The first-order chi connectivity index (χ1) is 7.17. The summed E-state index contributed by atoms with van der Waals surface area (Å²) in [5, 5.41) is 9.65. The van der Waals surface area contributed by atoms with E-state index in [1.807, 2.05) is 0 Å². The van der Waals surface area contributed by atoms with Crippen LogP contribution in [0, 0.1) is 0 Å². The van der Waals surface area contributed by atoms with Crippen LogP contribution in [-0.4, -0.2) is 31.5 Å². The molecular formula is C10H14ClNO3. The van der Waals surface area contributed by atoms with Gasteiger partial charge in [-0.1, -0.05) is 11.6 Å². The second kappa shape index (κ2) is 5.80. The maximum absolute atomic E-state index is 9.18. The number of methoxy groups -OCH3 is 1. The number of rotatable bonds is 5. The summed E-state index contributed by atoms with van der Waals surface area (Å²) >= 11 is 5.89. The van der Waals surface area contributed by atoms with Crippen LogP contribution in [0.25, 0.3) is 0 Å². The Morgan fingerprint density at radius 3 is 2.80 bits per heavy atom. The van der Waals surface area contributed by atoms with Crippen LogP contribution in [0.1, 0.15) is 0 Å². The fourth-order valence-corrected chi connectivity index (χ4v) is 1.25. The van der Waals surface area contributed by atoms with Crippen molar-refractivity contribution in [3.63, 3.8) is 0 Å². The van der Waals surface area contributed by atoms with Gasteiger partial charge in [0.15, 0.2) is 0 Å². The van der Waals surface area contributed by atoms with Gasteiger partial charge < -0.3 is 20.3 Å². The van der Waals surface area contributed by atoms with Gasteiger partial charge >= 0.3 is 0 Å². The lowest BCUT2D eigenvalue weighted by molar-refractivity contribution is 0.114. The molecule has 0 radical (unpaired) electrons. The van der Waals surface area contributed by atoms with Crippen molar-refractivity contribution in [3.8, 4) is 11.5 Å². The molecule has 15 heavy (non-hydrogen) atoms. The van der Waals surface area contributed by atoms with Crippen LogP contribution < -0.4 is 15.2 Å². The first kappa shape index (κ1) is 12.1. The van der Waals surface area contributed by atoms with E-state index in [1.165, 1.54) is 0 Å². The summed E-state index contributed by atoms with van der Waals surface area (Å²) in [6.07, 6.45) is -0.661. The van der Waals surface area contributed by atoms with Gasteiger partial charge in [0.1, 0.15) is 24.2 Å². The Labute approximate surface area is 93.6 Å². The maximum atomic E-state index is 9.18. The molecule has 1 atom stereocenters. The van der Waals surface area contributed by atoms with Gasteiger partial charge in [-0.3, -0.25) is 0 Å². The van der Waals surface area contributed by atoms with E-state index in [0.717, 1.165) is 0 Å². The number of hydrogen-bond donors (Lipinski definition) is 2. The highest BCUT2D eigenvalue weighted by Gasteiger charge is 2.05. The molecule has 0 spiro atoms. The molecule has 0 heterocycles. The smallest absolute Gasteiger partial charge is 0.137 e. The van der Waals surface area contributed by atoms with Crippen molar-refractivity contribution in [1.29, 1.82) is 0 Å². The van der Waals surface area contributed by atoms with Crippen molar-refractivity contribution in [3.05, 3.63) is 23.2 Å². The first-order valence-electron chi connectivity index (χ1n) is 4.52. The predicted octanol–water partition coefficient (Wildman–Crippen LogP) is 1.05. The van der Waals surface area contributed by atoms with E-state index in [-0.39, 0.29) is 13.2 Å². The van der Waals surface area contributed by atoms with Gasteiger partial charge in [0, 0.05) is 12.6 Å². The molecule has 0 saturated carbocycles. The minimum Gasteiger partial charge on any atom is -0.495 e. The van der Waals surface area contributed by atoms with Crippen molar-refractivity contribution in [1.82, 2.24) is 0 Å². The molecule has 4 nitrogen and oxygen atoms in total. The zero-order valence-corrected chi connectivity index (χ0v) is 9.20. The van der Waals surface area contributed by atoms with Gasteiger partial charge in [0.2, 0.25) is 0 Å². The lowest BCUT2D eigenvalue weighted by Gasteiger charge is -2.11. The third-order valence-electron chi connectivity index (χ3n) is 1.84. The molecule has 0 aliphatic rings. The SMILES string of the molecule is COc1ccc(OCC(O)CN)cc1Cl. The molecule has 1 unspecified atom stereocenters. The normalized spacial score (nSPS) is 12.3. The summed E-state index contributed by atoms with van der Waals surface area (Å²) in [5.74, 6) is 1.16. The van der Waals surface area contributed by atoms with E-state index in [2.05, 4.69) is 0 Å². The Balaban J connectivity index is 2.59. The molecule has 0 fully saturated rings. The Morgan fingerprint density at radius 2 is 2.27 bits per heavy atom. The molecule has 1 rings (SSSR count). The summed E-state index contributed by atoms with van der Waals surface area (Å²) < 4.78 is 10.3. The number of aliphatic hydroxyl groups excluding tert-OH is 1. The van der Waals surface area contributed by atoms with Crippen molar-refractivity contribution in [2.24, 2.45) is 5.73 Å². The average Bonchev–Trinajstić information content (AvgIpc) is 2.26. The minimum atomic E-state index is -0.661. The first-order valence-corrected chi connectivity index (χ1v) is 4.89. The summed E-state index contributed by atoms with van der Waals surface area (Å²) in [5.41, 5.74) is 5.24. The van der Waals surface area contributed by atoms with Gasteiger partial charge in [-0.15, -0.1) is 0 Å². The summed E-state index contributed by atoms with van der Waals surface area (Å²) in [6, 6.07) is 5.05. The van der Waals surface area contributed by atoms with Crippen molar-refractivity contribution >= 4 is 11.6 Å². The molecule has 1 aromatic carbocycles. The highest BCUT2D eigenvalue weighted by Crippen LogP contribution is 2.28. The van der Waals surface area contributed by atoms with E-state index in [0.29, 0.717) is 16.5 Å². The topological polar surface area (TPSA) is 64.7 Å². The molecule has 3 N–H and O–H groups in total. The molecule has 1 aromatic rings. The van der Waals surface area contributed by atoms with E-state index in [4.69, 9.17) is 26.8 Å². The Hall–Kier alpha value is -0.970. The van der Waals surface area contributed by atoms with Crippen LogP contribution in [0.3, 0.4) is 0 Å². The quantitative estimate of drug-likeness (QED) is 0.795. The number of halogens is 1. The van der Waals surface area contributed by atoms with Gasteiger partial charge in [-0.2, -0.15) is 0 Å². The van der Waals surface area contributed by atoms with Gasteiger partial charge in [-0.05, 0) is 12.1 Å². The fraction of sp³-hybridized carbons (Fsp3) is 0.400. The van der Waals surface area contributed by atoms with E-state index in [9.17, 15) is 5.11 Å². The number of ether oxygens (including phenoxy) is 2. The van der Waals surface area contributed by atoms with Gasteiger partial charge in [-0.25, -0.2) is 0 Å². The molecule has 0 aliphatic carbocycles. The largest absolute Gasteiger partial charge is 0.495 e. The molecule has 0 bridgehead atoms. The van der Waals surface area contributed by atoms with Crippen LogP contribution in [0.5, 0.6) is 11.5 Å². The standard InChI is InChI=1S/C10H14ClNO3/c1-14-10-3-2-8(4-9(10)11)15-6-7(13)5-12/h2-4,7,13H,5-6,12H2,1H3. The van der Waals surface area contributed by atoms with Crippen molar-refractivity contribution in [2.45, 2.75) is 6.10 Å². The zero-order chi connectivity index (χ0) is 11.3. The Bertz CT molecular complexity index is 320. The lowest BCUT2D eigenvalue weighted by Crippen LogP contribution is -2.26. The maximum Gasteiger partial charge on any atom is 0.137 e. The number of nitrogens with two attached hydrogens (primary N) is 1. The van der Waals surface area contributed by atoms with E-state index < -0.39 is 6.10 Å². The average molecular weight is 232 g/mol. The van der Waals surface area contributed by atoms with Gasteiger partial charge in [0.25, 0.3) is 0 Å². The highest BCUT2D eigenvalue weighted by molar-refractivity contribution is 6.32. The second-order valence-corrected chi connectivity index (χ2v) is 3.40. The third-order valence-corrected chi connectivity index (χ3v) is 2.13. The van der Waals surface area contributed by atoms with Crippen LogP contribution in [0.15, 0.2) is 18.2 Å². The number of aliphatic hydroxyl groups is 1. The fourth-order valence-electron chi connectivity index (χ4n) is 0.997. The van der Waals surface area contributed by atoms with Gasteiger partial charge in [0.05, 0.1) is 12.1 Å². The van der Waals surface area contributed by atoms with E-state index >= 15 is 0 Å². The van der Waals surface area contributed by atoms with Crippen LogP contribution >= 0.6 is 11.6 Å². The second-order valence-electron chi connectivity index (χ2n) is 3.00. The molecule has 0 aliphatic heterocycles. The minimum absolute atomic E-state index is 0.152. The third kappa shape index (κ3) is 3.58. The summed E-state index contributed by atoms with van der Waals surface area (Å²) in [6.45, 7) is 0.322. The monoisotopic (exact) mass is 231 g/mol. The summed E-state index contributed by atoms with van der Waals surface area (Å²) in [4.78, 5) is 0. The zero-order valence-electron chi connectivity index (χ0n) is 8.44. The predicted molar refractivity (Wildman–Crippen MR) is 58.6 cm³/mol. The molecule has 0 saturated heterocycles. The van der Waals surface area contributed by atoms with Crippen LogP contribution in [0.2, 0.25) is 5.02 Å². The molecular weight excluding hydrogens is 218 g/mol.